The van der Waals surface area contributed by atoms with Crippen LogP contribution in [-0.4, -0.2) is 55.0 Å². The predicted octanol–water partition coefficient (Wildman–Crippen LogP) is 1.62. The molecule has 0 aromatic heterocycles. The highest BCUT2D eigenvalue weighted by Gasteiger charge is 2.26. The van der Waals surface area contributed by atoms with Crippen molar-refractivity contribution >= 4 is 24.0 Å². The number of hydrogen-bond acceptors (Lipinski definition) is 6. The van der Waals surface area contributed by atoms with Gasteiger partial charge in [0, 0.05) is 26.2 Å². The fourth-order valence-electron chi connectivity index (χ4n) is 2.63. The number of hydrogen-bond donors (Lipinski definition) is 2. The Labute approximate surface area is 158 Å². The summed E-state index contributed by atoms with van der Waals surface area (Å²) in [6, 6.07) is 6.72. The second-order valence-corrected chi connectivity index (χ2v) is 7.08. The number of carbonyl (C=O) groups excluding carboxylic acids is 2. The SMILES string of the molecule is CC(C)(C)OC(=O)N1CCN(c2ccc(C=NNC(N)=O)cc2C#N)CC1. The quantitative estimate of drug-likeness (QED) is 0.616. The maximum Gasteiger partial charge on any atom is 0.410 e. The van der Waals surface area contributed by atoms with Crippen LogP contribution in [0.3, 0.4) is 0 Å². The molecular weight excluding hydrogens is 348 g/mol. The molecule has 1 heterocycles. The minimum atomic E-state index is -0.758. The van der Waals surface area contributed by atoms with E-state index in [1.807, 2.05) is 26.8 Å². The second-order valence-electron chi connectivity index (χ2n) is 7.08. The van der Waals surface area contributed by atoms with Gasteiger partial charge in [0.15, 0.2) is 0 Å². The standard InChI is InChI=1S/C18H24N6O3/c1-18(2,3)27-17(26)24-8-6-23(7-9-24)15-5-4-13(10-14(15)11-19)12-21-22-16(20)25/h4-5,10,12H,6-9H2,1-3H3,(H3,20,22,25). The van der Waals surface area contributed by atoms with Crippen LogP contribution >= 0.6 is 0 Å². The summed E-state index contributed by atoms with van der Waals surface area (Å²) < 4.78 is 5.40. The van der Waals surface area contributed by atoms with Crippen LogP contribution in [0.4, 0.5) is 15.3 Å². The topological polar surface area (TPSA) is 124 Å². The van der Waals surface area contributed by atoms with Gasteiger partial charge in [0.25, 0.3) is 0 Å². The van der Waals surface area contributed by atoms with Crippen molar-refractivity contribution in [1.82, 2.24) is 10.3 Å². The molecule has 1 saturated heterocycles. The van der Waals surface area contributed by atoms with E-state index in [0.29, 0.717) is 37.3 Å². The van der Waals surface area contributed by atoms with Gasteiger partial charge in [-0.1, -0.05) is 6.07 Å². The molecule has 2 rings (SSSR count). The lowest BCUT2D eigenvalue weighted by molar-refractivity contribution is 0.0240. The summed E-state index contributed by atoms with van der Waals surface area (Å²) in [5, 5.41) is 13.1. The number of carbonyl (C=O) groups is 2. The third-order valence-electron chi connectivity index (χ3n) is 3.80. The molecule has 0 bridgehead atoms. The number of piperazine rings is 1. The van der Waals surface area contributed by atoms with Gasteiger partial charge >= 0.3 is 12.1 Å². The molecule has 0 unspecified atom stereocenters. The fourth-order valence-corrected chi connectivity index (χ4v) is 2.63. The molecule has 3 amide bonds. The lowest BCUT2D eigenvalue weighted by Crippen LogP contribution is -2.50. The largest absolute Gasteiger partial charge is 0.444 e. The number of nitriles is 1. The van der Waals surface area contributed by atoms with E-state index < -0.39 is 11.6 Å². The van der Waals surface area contributed by atoms with Gasteiger partial charge in [0.2, 0.25) is 0 Å². The van der Waals surface area contributed by atoms with E-state index in [0.717, 1.165) is 5.69 Å². The van der Waals surface area contributed by atoms with E-state index in [-0.39, 0.29) is 6.09 Å². The molecule has 0 atom stereocenters. The number of rotatable bonds is 3. The Hall–Kier alpha value is -3.28. The zero-order valence-corrected chi connectivity index (χ0v) is 15.7. The van der Waals surface area contributed by atoms with E-state index in [2.05, 4.69) is 21.5 Å². The van der Waals surface area contributed by atoms with Crippen molar-refractivity contribution in [3.8, 4) is 6.07 Å². The summed E-state index contributed by atoms with van der Waals surface area (Å²) in [7, 11) is 0. The third kappa shape index (κ3) is 5.88. The molecule has 1 fully saturated rings. The van der Waals surface area contributed by atoms with Gasteiger partial charge in [-0.2, -0.15) is 10.4 Å². The molecule has 1 aliphatic rings. The van der Waals surface area contributed by atoms with E-state index in [1.165, 1.54) is 6.21 Å². The molecule has 1 aromatic rings. The second kappa shape index (κ2) is 8.40. The van der Waals surface area contributed by atoms with Gasteiger partial charge in [0.1, 0.15) is 11.7 Å². The van der Waals surface area contributed by atoms with Gasteiger partial charge in [0.05, 0.1) is 17.5 Å². The molecule has 9 heteroatoms. The maximum atomic E-state index is 12.2. The van der Waals surface area contributed by atoms with E-state index in [9.17, 15) is 14.9 Å². The Morgan fingerprint density at radius 1 is 1.30 bits per heavy atom. The number of hydrazone groups is 1. The zero-order valence-electron chi connectivity index (χ0n) is 15.7. The normalized spacial score (nSPS) is 14.7. The molecule has 1 aliphatic heterocycles. The summed E-state index contributed by atoms with van der Waals surface area (Å²) in [6.07, 6.45) is 1.09. The van der Waals surface area contributed by atoms with Gasteiger partial charge < -0.3 is 20.3 Å². The van der Waals surface area contributed by atoms with Gasteiger partial charge in [-0.25, -0.2) is 15.0 Å². The summed E-state index contributed by atoms with van der Waals surface area (Å²) in [5.41, 5.74) is 8.47. The van der Waals surface area contributed by atoms with Gasteiger partial charge in [-0.05, 0) is 38.5 Å². The van der Waals surface area contributed by atoms with Crippen LogP contribution in [-0.2, 0) is 4.74 Å². The first-order valence-corrected chi connectivity index (χ1v) is 8.55. The van der Waals surface area contributed by atoms with Crippen LogP contribution in [0.1, 0.15) is 31.9 Å². The van der Waals surface area contributed by atoms with Crippen LogP contribution in [0.2, 0.25) is 0 Å². The molecule has 0 saturated carbocycles. The van der Waals surface area contributed by atoms with Crippen molar-refractivity contribution in [1.29, 1.82) is 5.26 Å². The van der Waals surface area contributed by atoms with Gasteiger partial charge in [-0.15, -0.1) is 0 Å². The molecule has 9 nitrogen and oxygen atoms in total. The molecule has 1 aromatic carbocycles. The number of amides is 3. The number of nitrogens with zero attached hydrogens (tertiary/aromatic N) is 4. The first-order valence-electron chi connectivity index (χ1n) is 8.55. The Morgan fingerprint density at radius 2 is 1.96 bits per heavy atom. The lowest BCUT2D eigenvalue weighted by Gasteiger charge is -2.37. The minimum Gasteiger partial charge on any atom is -0.444 e. The summed E-state index contributed by atoms with van der Waals surface area (Å²) >= 11 is 0. The smallest absolute Gasteiger partial charge is 0.410 e. The Morgan fingerprint density at radius 3 is 2.52 bits per heavy atom. The van der Waals surface area contributed by atoms with Crippen molar-refractivity contribution in [2.24, 2.45) is 10.8 Å². The molecule has 144 valence electrons. The van der Waals surface area contributed by atoms with Crippen LogP contribution < -0.4 is 16.1 Å². The van der Waals surface area contributed by atoms with Crippen molar-refractivity contribution in [2.45, 2.75) is 26.4 Å². The van der Waals surface area contributed by atoms with Crippen LogP contribution in [0.15, 0.2) is 23.3 Å². The number of urea groups is 1. The zero-order chi connectivity index (χ0) is 20.0. The highest BCUT2D eigenvalue weighted by Crippen LogP contribution is 2.23. The summed E-state index contributed by atoms with van der Waals surface area (Å²) in [6.45, 7) is 7.75. The van der Waals surface area contributed by atoms with Crippen molar-refractivity contribution in [3.63, 3.8) is 0 Å². The summed E-state index contributed by atoms with van der Waals surface area (Å²) in [5.74, 6) is 0. The van der Waals surface area contributed by atoms with Crippen LogP contribution in [0.5, 0.6) is 0 Å². The molecule has 0 radical (unpaired) electrons. The third-order valence-corrected chi connectivity index (χ3v) is 3.80. The predicted molar refractivity (Wildman–Crippen MR) is 101 cm³/mol. The van der Waals surface area contributed by atoms with Crippen LogP contribution in [0, 0.1) is 11.3 Å². The summed E-state index contributed by atoms with van der Waals surface area (Å²) in [4.78, 5) is 26.5. The van der Waals surface area contributed by atoms with E-state index in [4.69, 9.17) is 10.5 Å². The average molecular weight is 372 g/mol. The van der Waals surface area contributed by atoms with E-state index in [1.54, 1.807) is 17.0 Å². The highest BCUT2D eigenvalue weighted by molar-refractivity contribution is 5.83. The number of nitrogens with two attached hydrogens (primary N) is 1. The number of anilines is 1. The van der Waals surface area contributed by atoms with Crippen LogP contribution in [0.25, 0.3) is 0 Å². The fraction of sp³-hybridized carbons (Fsp3) is 0.444. The van der Waals surface area contributed by atoms with Gasteiger partial charge in [-0.3, -0.25) is 0 Å². The first kappa shape index (κ1) is 20.0. The monoisotopic (exact) mass is 372 g/mol. The Bertz CT molecular complexity index is 770. The van der Waals surface area contributed by atoms with Crippen molar-refractivity contribution < 1.29 is 14.3 Å². The molecule has 0 spiro atoms. The number of benzene rings is 1. The maximum absolute atomic E-state index is 12.2. The Kier molecular flexibility index (Phi) is 6.23. The highest BCUT2D eigenvalue weighted by atomic mass is 16.6. The first-order chi connectivity index (χ1) is 12.7. The minimum absolute atomic E-state index is 0.323. The molecule has 0 aliphatic carbocycles. The van der Waals surface area contributed by atoms with Crippen molar-refractivity contribution in [2.75, 3.05) is 31.1 Å². The lowest BCUT2D eigenvalue weighted by atomic mass is 10.1. The number of ether oxygens (including phenoxy) is 1. The average Bonchev–Trinajstić information content (AvgIpc) is 2.60. The molecular formula is C18H24N6O3. The number of primary amides is 1. The molecule has 27 heavy (non-hydrogen) atoms. The Balaban J connectivity index is 2.03. The van der Waals surface area contributed by atoms with E-state index >= 15 is 0 Å². The number of nitrogens with one attached hydrogen (secondary N) is 1. The van der Waals surface area contributed by atoms with Crippen molar-refractivity contribution in [3.05, 3.63) is 29.3 Å². The molecule has 3 N–H and O–H groups in total.